The molecule has 0 aliphatic carbocycles. The standard InChI is InChI=1S/C23H29F2N3O4S/c1-5-16(2)26-23(30)17(3)27(14-18-6-8-19(24)9-7-18)22(29)15-28(33(4,31)32)21-12-10-20(25)11-13-21/h6-13,16-17H,5,14-15H2,1-4H3,(H,26,30)/t16-,17-/m0/s1. The number of carbonyl (C=O) groups excluding carboxylic acids is 2. The first-order chi connectivity index (χ1) is 15.4. The fraction of sp³-hybridized carbons (Fsp3) is 0.391. The van der Waals surface area contributed by atoms with Crippen molar-refractivity contribution in [3.8, 4) is 0 Å². The van der Waals surface area contributed by atoms with E-state index in [9.17, 15) is 26.8 Å². The van der Waals surface area contributed by atoms with Crippen LogP contribution in [0.3, 0.4) is 0 Å². The molecule has 1 N–H and O–H groups in total. The fourth-order valence-electron chi connectivity index (χ4n) is 3.06. The first-order valence-electron chi connectivity index (χ1n) is 10.5. The Hall–Kier alpha value is -3.01. The van der Waals surface area contributed by atoms with Crippen molar-refractivity contribution >= 4 is 27.5 Å². The number of amides is 2. The number of anilines is 1. The van der Waals surface area contributed by atoms with E-state index in [-0.39, 0.29) is 18.3 Å². The number of benzene rings is 2. The SMILES string of the molecule is CC[C@H](C)NC(=O)[C@H](C)N(Cc1ccc(F)cc1)C(=O)CN(c1ccc(F)cc1)S(C)(=O)=O. The van der Waals surface area contributed by atoms with Gasteiger partial charge in [-0.1, -0.05) is 19.1 Å². The van der Waals surface area contributed by atoms with E-state index in [2.05, 4.69) is 5.32 Å². The Morgan fingerprint density at radius 2 is 1.48 bits per heavy atom. The van der Waals surface area contributed by atoms with Crippen LogP contribution in [0.25, 0.3) is 0 Å². The third-order valence-corrected chi connectivity index (χ3v) is 6.37. The van der Waals surface area contributed by atoms with E-state index in [1.165, 1.54) is 41.3 Å². The molecule has 180 valence electrons. The van der Waals surface area contributed by atoms with Crippen LogP contribution in [0.4, 0.5) is 14.5 Å². The van der Waals surface area contributed by atoms with Gasteiger partial charge in [0.25, 0.3) is 0 Å². The van der Waals surface area contributed by atoms with Gasteiger partial charge in [-0.3, -0.25) is 13.9 Å². The molecule has 0 radical (unpaired) electrons. The zero-order valence-corrected chi connectivity index (χ0v) is 19.9. The highest BCUT2D eigenvalue weighted by Gasteiger charge is 2.30. The van der Waals surface area contributed by atoms with E-state index >= 15 is 0 Å². The van der Waals surface area contributed by atoms with E-state index < -0.39 is 46.1 Å². The molecule has 10 heteroatoms. The number of hydrogen-bond donors (Lipinski definition) is 1. The molecule has 0 aromatic heterocycles. The molecular formula is C23H29F2N3O4S. The Balaban J connectivity index is 2.36. The van der Waals surface area contributed by atoms with Crippen LogP contribution in [0.2, 0.25) is 0 Å². The molecule has 0 unspecified atom stereocenters. The van der Waals surface area contributed by atoms with Gasteiger partial charge >= 0.3 is 0 Å². The summed E-state index contributed by atoms with van der Waals surface area (Å²) in [7, 11) is -3.89. The Morgan fingerprint density at radius 3 is 1.97 bits per heavy atom. The Morgan fingerprint density at radius 1 is 0.970 bits per heavy atom. The van der Waals surface area contributed by atoms with Gasteiger partial charge in [0, 0.05) is 12.6 Å². The molecule has 0 bridgehead atoms. The fourth-order valence-corrected chi connectivity index (χ4v) is 3.91. The van der Waals surface area contributed by atoms with E-state index in [1.54, 1.807) is 6.92 Å². The summed E-state index contributed by atoms with van der Waals surface area (Å²) >= 11 is 0. The van der Waals surface area contributed by atoms with E-state index in [0.717, 1.165) is 22.7 Å². The van der Waals surface area contributed by atoms with Gasteiger partial charge in [0.1, 0.15) is 24.2 Å². The summed E-state index contributed by atoms with van der Waals surface area (Å²) in [6.07, 6.45) is 1.63. The maximum atomic E-state index is 13.3. The number of rotatable bonds is 10. The first-order valence-corrected chi connectivity index (χ1v) is 12.3. The minimum absolute atomic E-state index is 0.0325. The van der Waals surface area contributed by atoms with Gasteiger partial charge in [0.2, 0.25) is 21.8 Å². The number of sulfonamides is 1. The Bertz CT molecular complexity index is 1060. The van der Waals surface area contributed by atoms with Crippen LogP contribution in [-0.2, 0) is 26.2 Å². The van der Waals surface area contributed by atoms with Gasteiger partial charge in [-0.15, -0.1) is 0 Å². The number of halogens is 2. The summed E-state index contributed by atoms with van der Waals surface area (Å²) in [5, 5.41) is 2.81. The number of nitrogens with one attached hydrogen (secondary N) is 1. The molecule has 0 aliphatic rings. The zero-order chi connectivity index (χ0) is 24.8. The van der Waals surface area contributed by atoms with E-state index in [4.69, 9.17) is 0 Å². The summed E-state index contributed by atoms with van der Waals surface area (Å²) in [6.45, 7) is 4.66. The molecule has 2 amide bonds. The lowest BCUT2D eigenvalue weighted by Gasteiger charge is -2.32. The maximum absolute atomic E-state index is 13.3. The Kier molecular flexibility index (Phi) is 8.92. The van der Waals surface area contributed by atoms with Gasteiger partial charge < -0.3 is 10.2 Å². The molecule has 0 spiro atoms. The molecule has 0 saturated heterocycles. The largest absolute Gasteiger partial charge is 0.352 e. The number of hydrogen-bond acceptors (Lipinski definition) is 4. The summed E-state index contributed by atoms with van der Waals surface area (Å²) in [5.41, 5.74) is 0.686. The molecule has 33 heavy (non-hydrogen) atoms. The van der Waals surface area contributed by atoms with Crippen molar-refractivity contribution in [1.29, 1.82) is 0 Å². The van der Waals surface area contributed by atoms with Crippen LogP contribution in [0.1, 0.15) is 32.8 Å². The molecule has 2 aromatic carbocycles. The third-order valence-electron chi connectivity index (χ3n) is 5.23. The molecule has 0 aliphatic heterocycles. The van der Waals surface area contributed by atoms with Crippen molar-refractivity contribution in [2.45, 2.75) is 45.8 Å². The van der Waals surface area contributed by atoms with E-state index in [1.807, 2.05) is 13.8 Å². The monoisotopic (exact) mass is 481 g/mol. The second kappa shape index (κ2) is 11.2. The number of carbonyl (C=O) groups is 2. The van der Waals surface area contributed by atoms with Gasteiger partial charge in [0.05, 0.1) is 11.9 Å². The van der Waals surface area contributed by atoms with Gasteiger partial charge in [-0.25, -0.2) is 17.2 Å². The van der Waals surface area contributed by atoms with Crippen molar-refractivity contribution in [3.63, 3.8) is 0 Å². The summed E-state index contributed by atoms with van der Waals surface area (Å²) in [5.74, 6) is -2.03. The molecule has 0 fully saturated rings. The quantitative estimate of drug-likeness (QED) is 0.565. The van der Waals surface area contributed by atoms with Crippen LogP contribution in [0.15, 0.2) is 48.5 Å². The van der Waals surface area contributed by atoms with E-state index in [0.29, 0.717) is 12.0 Å². The van der Waals surface area contributed by atoms with Crippen LogP contribution in [0.5, 0.6) is 0 Å². The van der Waals surface area contributed by atoms with Crippen molar-refractivity contribution in [2.75, 3.05) is 17.1 Å². The summed E-state index contributed by atoms with van der Waals surface area (Å²) < 4.78 is 52.3. The summed E-state index contributed by atoms with van der Waals surface area (Å²) in [4.78, 5) is 27.3. The third kappa shape index (κ3) is 7.52. The highest BCUT2D eigenvalue weighted by atomic mass is 32.2. The predicted octanol–water partition coefficient (Wildman–Crippen LogP) is 3.06. The second-order valence-electron chi connectivity index (χ2n) is 7.89. The minimum atomic E-state index is -3.89. The molecule has 0 heterocycles. The minimum Gasteiger partial charge on any atom is -0.352 e. The lowest BCUT2D eigenvalue weighted by molar-refractivity contribution is -0.139. The first kappa shape index (κ1) is 26.2. The van der Waals surface area contributed by atoms with Crippen molar-refractivity contribution in [3.05, 3.63) is 65.7 Å². The van der Waals surface area contributed by atoms with Crippen LogP contribution < -0.4 is 9.62 Å². The van der Waals surface area contributed by atoms with Crippen LogP contribution in [-0.4, -0.2) is 50.0 Å². The predicted molar refractivity (Wildman–Crippen MR) is 123 cm³/mol. The van der Waals surface area contributed by atoms with Crippen molar-refractivity contribution < 1.29 is 26.8 Å². The highest BCUT2D eigenvalue weighted by molar-refractivity contribution is 7.92. The topological polar surface area (TPSA) is 86.8 Å². The summed E-state index contributed by atoms with van der Waals surface area (Å²) in [6, 6.07) is 9.12. The number of nitrogens with zero attached hydrogens (tertiary/aromatic N) is 2. The molecule has 2 rings (SSSR count). The lowest BCUT2D eigenvalue weighted by Crippen LogP contribution is -2.52. The van der Waals surface area contributed by atoms with Gasteiger partial charge in [0.15, 0.2) is 0 Å². The molecule has 0 saturated carbocycles. The molecule has 2 atom stereocenters. The van der Waals surface area contributed by atoms with Crippen molar-refractivity contribution in [2.24, 2.45) is 0 Å². The molecular weight excluding hydrogens is 452 g/mol. The maximum Gasteiger partial charge on any atom is 0.244 e. The zero-order valence-electron chi connectivity index (χ0n) is 19.1. The average molecular weight is 482 g/mol. The van der Waals surface area contributed by atoms with Crippen LogP contribution in [0, 0.1) is 11.6 Å². The van der Waals surface area contributed by atoms with Gasteiger partial charge in [-0.05, 0) is 62.2 Å². The lowest BCUT2D eigenvalue weighted by atomic mass is 10.1. The Labute approximate surface area is 193 Å². The second-order valence-corrected chi connectivity index (χ2v) is 9.79. The normalized spacial score (nSPS) is 13.2. The average Bonchev–Trinajstić information content (AvgIpc) is 2.76. The molecule has 2 aromatic rings. The molecule has 7 nitrogen and oxygen atoms in total. The van der Waals surface area contributed by atoms with Crippen LogP contribution >= 0.6 is 0 Å². The van der Waals surface area contributed by atoms with Crippen molar-refractivity contribution in [1.82, 2.24) is 10.2 Å². The van der Waals surface area contributed by atoms with Gasteiger partial charge in [-0.2, -0.15) is 0 Å². The smallest absolute Gasteiger partial charge is 0.244 e. The highest BCUT2D eigenvalue weighted by Crippen LogP contribution is 2.19.